The van der Waals surface area contributed by atoms with E-state index in [2.05, 4.69) is 182 Å². The quantitative estimate of drug-likeness (QED) is 0.157. The number of thiazole rings is 1. The Kier molecular flexibility index (Phi) is 7.68. The molecule has 0 N–H and O–H groups in total. The van der Waals surface area contributed by atoms with E-state index < -0.39 is 0 Å². The second kappa shape index (κ2) is 13.4. The number of furan rings is 1. The number of aromatic nitrogens is 1. The molecule has 12 rings (SSSR count). The minimum absolute atomic E-state index is 0.0176. The Balaban J connectivity index is 0.948. The van der Waals surface area contributed by atoms with Crippen molar-refractivity contribution in [3.63, 3.8) is 0 Å². The Morgan fingerprint density at radius 3 is 1.93 bits per heavy atom. The zero-order valence-electron chi connectivity index (χ0n) is 31.2. The normalized spacial score (nSPS) is 12.4. The third-order valence-corrected chi connectivity index (χ3v) is 13.8. The van der Waals surface area contributed by atoms with E-state index in [0.717, 1.165) is 38.0 Å². The molecule has 0 aliphatic rings. The smallest absolute Gasteiger partial charge is 0.135 e. The topological polar surface area (TPSA) is 26.0 Å². The first kappa shape index (κ1) is 33.3. The Bertz CT molecular complexity index is 3500. The molecule has 2 nitrogen and oxygen atoms in total. The molecule has 12 aromatic rings. The number of hydrogen-bond acceptors (Lipinski definition) is 4. The molecule has 3 aromatic heterocycles. The van der Waals surface area contributed by atoms with Gasteiger partial charge in [-0.25, -0.2) is 4.98 Å². The standard InChI is InChI=1S/C54H33NOS2/c1-2-9-33(10-3-1)35-17-22-37(23-18-35)52(40-27-28-44-43-13-6-7-15-47(43)56-48(44)30-40)38-24-20-36(21-25-38)42-14-8-16-49-53(42)45-31-46-51(32-50(45)57-49)58-54(55-46)41-26-19-34-11-4-5-12-39(34)29-41/h1-32,52H. The lowest BCUT2D eigenvalue weighted by Gasteiger charge is -2.20. The van der Waals surface area contributed by atoms with Crippen molar-refractivity contribution in [2.75, 3.05) is 0 Å². The van der Waals surface area contributed by atoms with Crippen LogP contribution < -0.4 is 0 Å². The summed E-state index contributed by atoms with van der Waals surface area (Å²) >= 11 is 3.64. The summed E-state index contributed by atoms with van der Waals surface area (Å²) in [6, 6.07) is 70.5. The van der Waals surface area contributed by atoms with Crippen LogP contribution >= 0.6 is 22.7 Å². The van der Waals surface area contributed by atoms with Crippen LogP contribution in [0.4, 0.5) is 0 Å². The van der Waals surface area contributed by atoms with Gasteiger partial charge >= 0.3 is 0 Å². The van der Waals surface area contributed by atoms with Gasteiger partial charge in [-0.2, -0.15) is 0 Å². The van der Waals surface area contributed by atoms with Crippen molar-refractivity contribution in [1.82, 2.24) is 4.98 Å². The molecule has 0 bridgehead atoms. The van der Waals surface area contributed by atoms with E-state index in [4.69, 9.17) is 9.40 Å². The van der Waals surface area contributed by atoms with Crippen LogP contribution in [0.25, 0.3) is 95.9 Å². The second-order valence-corrected chi connectivity index (χ2v) is 17.2. The molecule has 9 aromatic carbocycles. The lowest BCUT2D eigenvalue weighted by Crippen LogP contribution is -2.03. The number of nitrogens with zero attached hydrogens (tertiary/aromatic N) is 1. The maximum Gasteiger partial charge on any atom is 0.135 e. The van der Waals surface area contributed by atoms with Crippen molar-refractivity contribution in [3.8, 4) is 32.8 Å². The van der Waals surface area contributed by atoms with Gasteiger partial charge in [0.15, 0.2) is 0 Å². The van der Waals surface area contributed by atoms with Gasteiger partial charge in [-0.05, 0) is 86.1 Å². The first-order valence-electron chi connectivity index (χ1n) is 19.6. The van der Waals surface area contributed by atoms with Crippen LogP contribution in [0.15, 0.2) is 199 Å². The number of fused-ring (bicyclic) bond motifs is 8. The molecule has 3 heterocycles. The van der Waals surface area contributed by atoms with Crippen LogP contribution in [0.5, 0.6) is 0 Å². The molecule has 0 spiro atoms. The first-order chi connectivity index (χ1) is 28.7. The molecule has 0 saturated carbocycles. The van der Waals surface area contributed by atoms with Crippen LogP contribution in [-0.4, -0.2) is 4.98 Å². The third kappa shape index (κ3) is 5.56. The number of benzene rings is 9. The van der Waals surface area contributed by atoms with Gasteiger partial charge in [-0.1, -0.05) is 158 Å². The summed E-state index contributed by atoms with van der Waals surface area (Å²) in [7, 11) is 0. The monoisotopic (exact) mass is 775 g/mol. The Hall–Kier alpha value is -6.85. The fraction of sp³-hybridized carbons (Fsp3) is 0.0185. The molecule has 272 valence electrons. The van der Waals surface area contributed by atoms with Gasteiger partial charge in [-0.3, -0.25) is 0 Å². The van der Waals surface area contributed by atoms with Crippen LogP contribution in [0.1, 0.15) is 22.6 Å². The molecular weight excluding hydrogens is 743 g/mol. The van der Waals surface area contributed by atoms with E-state index in [1.54, 1.807) is 11.3 Å². The zero-order chi connectivity index (χ0) is 38.2. The van der Waals surface area contributed by atoms with Crippen molar-refractivity contribution in [2.45, 2.75) is 5.92 Å². The van der Waals surface area contributed by atoms with Gasteiger partial charge in [-0.15, -0.1) is 22.7 Å². The van der Waals surface area contributed by atoms with Crippen LogP contribution in [-0.2, 0) is 0 Å². The first-order valence-corrected chi connectivity index (χ1v) is 21.3. The average Bonchev–Trinajstić information content (AvgIpc) is 3.99. The fourth-order valence-corrected chi connectivity index (χ4v) is 11.0. The lowest BCUT2D eigenvalue weighted by atomic mass is 9.83. The van der Waals surface area contributed by atoms with E-state index >= 15 is 0 Å². The van der Waals surface area contributed by atoms with Gasteiger partial charge in [0.25, 0.3) is 0 Å². The summed E-state index contributed by atoms with van der Waals surface area (Å²) < 4.78 is 10.2. The van der Waals surface area contributed by atoms with Gasteiger partial charge in [0.2, 0.25) is 0 Å². The number of rotatable bonds is 6. The summed E-state index contributed by atoms with van der Waals surface area (Å²) in [5.41, 5.74) is 12.6. The van der Waals surface area contributed by atoms with Crippen molar-refractivity contribution in [2.24, 2.45) is 0 Å². The highest BCUT2D eigenvalue weighted by Gasteiger charge is 2.21. The molecule has 0 fully saturated rings. The van der Waals surface area contributed by atoms with Gasteiger partial charge < -0.3 is 4.42 Å². The van der Waals surface area contributed by atoms with Crippen molar-refractivity contribution >= 4 is 85.8 Å². The van der Waals surface area contributed by atoms with Gasteiger partial charge in [0.1, 0.15) is 16.2 Å². The van der Waals surface area contributed by atoms with E-state index in [1.165, 1.54) is 74.6 Å². The van der Waals surface area contributed by atoms with Crippen LogP contribution in [0.2, 0.25) is 0 Å². The Morgan fingerprint density at radius 1 is 0.397 bits per heavy atom. The summed E-state index contributed by atoms with van der Waals surface area (Å²) in [6.45, 7) is 0. The highest BCUT2D eigenvalue weighted by atomic mass is 32.1. The second-order valence-electron chi connectivity index (χ2n) is 15.1. The van der Waals surface area contributed by atoms with Gasteiger partial charge in [0.05, 0.1) is 10.2 Å². The van der Waals surface area contributed by atoms with Crippen molar-refractivity contribution in [1.29, 1.82) is 0 Å². The molecule has 0 radical (unpaired) electrons. The zero-order valence-corrected chi connectivity index (χ0v) is 32.9. The molecule has 4 heteroatoms. The average molecular weight is 776 g/mol. The molecular formula is C54H33NOS2. The maximum atomic E-state index is 6.40. The number of para-hydroxylation sites is 1. The fourth-order valence-electron chi connectivity index (χ4n) is 8.79. The number of hydrogen-bond donors (Lipinski definition) is 0. The van der Waals surface area contributed by atoms with E-state index in [-0.39, 0.29) is 5.92 Å². The summed E-state index contributed by atoms with van der Waals surface area (Å²) in [6.07, 6.45) is 0. The summed E-state index contributed by atoms with van der Waals surface area (Å²) in [5, 5.41) is 8.39. The van der Waals surface area contributed by atoms with Crippen LogP contribution in [0, 0.1) is 0 Å². The molecule has 0 amide bonds. The Labute approximate surface area is 342 Å². The van der Waals surface area contributed by atoms with Crippen molar-refractivity contribution < 1.29 is 4.42 Å². The summed E-state index contributed by atoms with van der Waals surface area (Å²) in [4.78, 5) is 5.19. The van der Waals surface area contributed by atoms with Gasteiger partial charge in [0, 0.05) is 42.4 Å². The van der Waals surface area contributed by atoms with E-state index in [1.807, 2.05) is 23.5 Å². The van der Waals surface area contributed by atoms with E-state index in [0.29, 0.717) is 0 Å². The number of thiophene rings is 1. The third-order valence-electron chi connectivity index (χ3n) is 11.6. The summed E-state index contributed by atoms with van der Waals surface area (Å²) in [5.74, 6) is 0.0176. The minimum atomic E-state index is 0.0176. The maximum absolute atomic E-state index is 6.40. The highest BCUT2D eigenvalue weighted by Crippen LogP contribution is 2.44. The predicted octanol–water partition coefficient (Wildman–Crippen LogP) is 15.9. The van der Waals surface area contributed by atoms with Crippen LogP contribution in [0.3, 0.4) is 0 Å². The SMILES string of the molecule is c1ccc(-c2ccc(C(c3ccc(-c4cccc5sc6cc7sc(-c8ccc9ccccc9c8)nc7cc6c45)cc3)c3ccc4c(c3)oc3ccccc34)cc2)cc1. The molecule has 58 heavy (non-hydrogen) atoms. The largest absolute Gasteiger partial charge is 0.456 e. The minimum Gasteiger partial charge on any atom is -0.456 e. The molecule has 0 aliphatic heterocycles. The Morgan fingerprint density at radius 2 is 1.09 bits per heavy atom. The molecule has 0 aliphatic carbocycles. The molecule has 0 saturated heterocycles. The molecule has 1 unspecified atom stereocenters. The lowest BCUT2D eigenvalue weighted by molar-refractivity contribution is 0.668. The predicted molar refractivity (Wildman–Crippen MR) is 247 cm³/mol. The van der Waals surface area contributed by atoms with Crippen molar-refractivity contribution in [3.05, 3.63) is 211 Å². The molecule has 1 atom stereocenters. The highest BCUT2D eigenvalue weighted by molar-refractivity contribution is 7.26. The van der Waals surface area contributed by atoms with E-state index in [9.17, 15) is 0 Å².